The number of nitrogens with one attached hydrogen (secondary N) is 2. The Morgan fingerprint density at radius 3 is 2.24 bits per heavy atom. The number of hydrogen-bond donors (Lipinski definition) is 2. The SMILES string of the molecule is CC(NC(=O)NC(c1ccccc1)C(C)C)c1nc(C(C)(C)C)cs1. The quantitative estimate of drug-likeness (QED) is 0.771. The maximum atomic E-state index is 12.5. The van der Waals surface area contributed by atoms with Crippen molar-refractivity contribution in [2.24, 2.45) is 5.92 Å². The van der Waals surface area contributed by atoms with Crippen molar-refractivity contribution >= 4 is 17.4 Å². The van der Waals surface area contributed by atoms with Crippen LogP contribution in [0.3, 0.4) is 0 Å². The third-order valence-corrected chi connectivity index (χ3v) is 5.15. The molecule has 0 saturated carbocycles. The second-order valence-electron chi connectivity index (χ2n) is 7.79. The van der Waals surface area contributed by atoms with E-state index < -0.39 is 0 Å². The fraction of sp³-hybridized carbons (Fsp3) is 0.500. The fourth-order valence-corrected chi connectivity index (χ4v) is 3.62. The number of carbonyl (C=O) groups excluding carboxylic acids is 1. The van der Waals surface area contributed by atoms with Crippen molar-refractivity contribution < 1.29 is 4.79 Å². The third-order valence-electron chi connectivity index (χ3n) is 4.12. The number of thiazole rings is 1. The summed E-state index contributed by atoms with van der Waals surface area (Å²) >= 11 is 1.59. The first kappa shape index (κ1) is 19.4. The van der Waals surface area contributed by atoms with E-state index in [2.05, 4.69) is 55.6 Å². The summed E-state index contributed by atoms with van der Waals surface area (Å²) in [5.74, 6) is 0.302. The van der Waals surface area contributed by atoms with Crippen LogP contribution in [-0.4, -0.2) is 11.0 Å². The van der Waals surface area contributed by atoms with Gasteiger partial charge in [-0.1, -0.05) is 65.0 Å². The molecule has 2 amide bonds. The minimum atomic E-state index is -0.164. The van der Waals surface area contributed by atoms with E-state index in [0.717, 1.165) is 16.3 Å². The lowest BCUT2D eigenvalue weighted by atomic mass is 9.93. The van der Waals surface area contributed by atoms with Crippen molar-refractivity contribution in [2.75, 3.05) is 0 Å². The van der Waals surface area contributed by atoms with Crippen molar-refractivity contribution in [2.45, 2.75) is 59.0 Å². The average molecular weight is 360 g/mol. The van der Waals surface area contributed by atoms with Gasteiger partial charge in [0, 0.05) is 10.8 Å². The lowest BCUT2D eigenvalue weighted by Crippen LogP contribution is -2.40. The summed E-state index contributed by atoms with van der Waals surface area (Å²) in [5, 5.41) is 9.12. The summed E-state index contributed by atoms with van der Waals surface area (Å²) in [6, 6.07) is 9.77. The number of urea groups is 1. The average Bonchev–Trinajstić information content (AvgIpc) is 3.03. The zero-order valence-electron chi connectivity index (χ0n) is 16.0. The van der Waals surface area contributed by atoms with E-state index in [1.165, 1.54) is 0 Å². The molecule has 136 valence electrons. The molecule has 0 radical (unpaired) electrons. The Balaban J connectivity index is 2.02. The lowest BCUT2D eigenvalue weighted by molar-refractivity contribution is 0.230. The normalized spacial score (nSPS) is 14.2. The molecular weight excluding hydrogens is 330 g/mol. The van der Waals surface area contributed by atoms with Gasteiger partial charge in [-0.25, -0.2) is 9.78 Å². The first-order chi connectivity index (χ1) is 11.7. The van der Waals surface area contributed by atoms with Gasteiger partial charge in [0.05, 0.1) is 17.8 Å². The predicted octanol–water partition coefficient (Wildman–Crippen LogP) is 5.20. The van der Waals surface area contributed by atoms with Crippen LogP contribution in [0.15, 0.2) is 35.7 Å². The first-order valence-electron chi connectivity index (χ1n) is 8.76. The third kappa shape index (κ3) is 5.30. The Labute approximate surface area is 155 Å². The van der Waals surface area contributed by atoms with Gasteiger partial charge in [0.25, 0.3) is 0 Å². The molecule has 2 unspecified atom stereocenters. The van der Waals surface area contributed by atoms with Crippen LogP contribution in [0.5, 0.6) is 0 Å². The van der Waals surface area contributed by atoms with E-state index in [1.807, 2.05) is 37.3 Å². The summed E-state index contributed by atoms with van der Waals surface area (Å²) in [4.78, 5) is 17.2. The van der Waals surface area contributed by atoms with E-state index in [4.69, 9.17) is 0 Å². The molecule has 0 aliphatic rings. The van der Waals surface area contributed by atoms with Gasteiger partial charge >= 0.3 is 6.03 Å². The van der Waals surface area contributed by atoms with Crippen molar-refractivity contribution in [3.05, 3.63) is 52.0 Å². The van der Waals surface area contributed by atoms with Crippen LogP contribution < -0.4 is 10.6 Å². The second-order valence-corrected chi connectivity index (χ2v) is 8.68. The molecular formula is C20H29N3OS. The van der Waals surface area contributed by atoms with Crippen LogP contribution in [0.1, 0.15) is 69.9 Å². The second kappa shape index (κ2) is 8.00. The van der Waals surface area contributed by atoms with Gasteiger partial charge in [-0.2, -0.15) is 0 Å². The monoisotopic (exact) mass is 359 g/mol. The number of aromatic nitrogens is 1. The van der Waals surface area contributed by atoms with Crippen molar-refractivity contribution in [1.82, 2.24) is 15.6 Å². The topological polar surface area (TPSA) is 54.0 Å². The highest BCUT2D eigenvalue weighted by atomic mass is 32.1. The molecule has 5 heteroatoms. The zero-order chi connectivity index (χ0) is 18.6. The standard InChI is InChI=1S/C20H29N3OS/c1-13(2)17(15-10-8-7-9-11-15)23-19(24)21-14(3)18-22-16(12-25-18)20(4,5)6/h7-14,17H,1-6H3,(H2,21,23,24). The minimum Gasteiger partial charge on any atom is -0.331 e. The van der Waals surface area contributed by atoms with Crippen LogP contribution >= 0.6 is 11.3 Å². The van der Waals surface area contributed by atoms with E-state index >= 15 is 0 Å². The highest BCUT2D eigenvalue weighted by molar-refractivity contribution is 7.09. The molecule has 25 heavy (non-hydrogen) atoms. The number of benzene rings is 1. The van der Waals surface area contributed by atoms with Gasteiger partial charge < -0.3 is 10.6 Å². The Bertz CT molecular complexity index is 688. The van der Waals surface area contributed by atoms with E-state index in [-0.39, 0.29) is 23.5 Å². The summed E-state index contributed by atoms with van der Waals surface area (Å²) in [5.41, 5.74) is 2.20. The predicted molar refractivity (Wildman–Crippen MR) is 105 cm³/mol. The van der Waals surface area contributed by atoms with Gasteiger partial charge in [-0.3, -0.25) is 0 Å². The molecule has 2 rings (SSSR count). The maximum Gasteiger partial charge on any atom is 0.315 e. The number of nitrogens with zero attached hydrogens (tertiary/aromatic N) is 1. The molecule has 4 nitrogen and oxygen atoms in total. The minimum absolute atomic E-state index is 0.0187. The van der Waals surface area contributed by atoms with Gasteiger partial charge in [0.2, 0.25) is 0 Å². The van der Waals surface area contributed by atoms with Crippen LogP contribution in [0.25, 0.3) is 0 Å². The van der Waals surface area contributed by atoms with Gasteiger partial charge in [0.15, 0.2) is 0 Å². The molecule has 2 atom stereocenters. The molecule has 2 aromatic rings. The number of carbonyl (C=O) groups is 1. The van der Waals surface area contributed by atoms with E-state index in [1.54, 1.807) is 11.3 Å². The molecule has 0 fully saturated rings. The highest BCUT2D eigenvalue weighted by Gasteiger charge is 2.22. The summed E-state index contributed by atoms with van der Waals surface area (Å²) < 4.78 is 0. The number of hydrogen-bond acceptors (Lipinski definition) is 3. The molecule has 0 bridgehead atoms. The van der Waals surface area contributed by atoms with Crippen molar-refractivity contribution in [3.8, 4) is 0 Å². The Morgan fingerprint density at radius 2 is 1.72 bits per heavy atom. The van der Waals surface area contributed by atoms with Crippen LogP contribution in [0.2, 0.25) is 0 Å². The summed E-state index contributed by atoms with van der Waals surface area (Å²) in [6.45, 7) is 12.6. The Morgan fingerprint density at radius 1 is 1.08 bits per heavy atom. The van der Waals surface area contributed by atoms with Gasteiger partial charge in [-0.15, -0.1) is 11.3 Å². The van der Waals surface area contributed by atoms with Gasteiger partial charge in [0.1, 0.15) is 5.01 Å². The van der Waals surface area contributed by atoms with E-state index in [0.29, 0.717) is 5.92 Å². The molecule has 0 aliphatic carbocycles. The Hall–Kier alpha value is -1.88. The first-order valence-corrected chi connectivity index (χ1v) is 9.64. The van der Waals surface area contributed by atoms with Crippen molar-refractivity contribution in [1.29, 1.82) is 0 Å². The highest BCUT2D eigenvalue weighted by Crippen LogP contribution is 2.27. The lowest BCUT2D eigenvalue weighted by Gasteiger charge is -2.24. The molecule has 0 saturated heterocycles. The fourth-order valence-electron chi connectivity index (χ4n) is 2.57. The van der Waals surface area contributed by atoms with Gasteiger partial charge in [-0.05, 0) is 18.4 Å². The van der Waals surface area contributed by atoms with Crippen LogP contribution in [-0.2, 0) is 5.41 Å². The zero-order valence-corrected chi connectivity index (χ0v) is 16.8. The molecule has 1 heterocycles. The molecule has 0 aliphatic heterocycles. The molecule has 2 N–H and O–H groups in total. The van der Waals surface area contributed by atoms with E-state index in [9.17, 15) is 4.79 Å². The number of amides is 2. The smallest absolute Gasteiger partial charge is 0.315 e. The van der Waals surface area contributed by atoms with Crippen LogP contribution in [0.4, 0.5) is 4.79 Å². The molecule has 1 aromatic heterocycles. The molecule has 1 aromatic carbocycles. The summed E-state index contributed by atoms with van der Waals surface area (Å²) in [7, 11) is 0. The largest absolute Gasteiger partial charge is 0.331 e. The maximum absolute atomic E-state index is 12.5. The molecule has 0 spiro atoms. The summed E-state index contributed by atoms with van der Waals surface area (Å²) in [6.07, 6.45) is 0. The number of rotatable bonds is 5. The Kier molecular flexibility index (Phi) is 6.22. The van der Waals surface area contributed by atoms with Crippen molar-refractivity contribution in [3.63, 3.8) is 0 Å². The van der Waals surface area contributed by atoms with Crippen LogP contribution in [0, 0.1) is 5.92 Å².